The highest BCUT2D eigenvalue weighted by atomic mass is 32.2. The number of nitrogens with one attached hydrogen (secondary N) is 1. The van der Waals surface area contributed by atoms with Gasteiger partial charge in [0.25, 0.3) is 0 Å². The van der Waals surface area contributed by atoms with Gasteiger partial charge in [0.1, 0.15) is 0 Å². The quantitative estimate of drug-likeness (QED) is 0.831. The monoisotopic (exact) mass is 346 g/mol. The van der Waals surface area contributed by atoms with E-state index in [0.29, 0.717) is 0 Å². The summed E-state index contributed by atoms with van der Waals surface area (Å²) in [6, 6.07) is 4.04. The maximum absolute atomic E-state index is 12.6. The zero-order valence-electron chi connectivity index (χ0n) is 11.6. The van der Waals surface area contributed by atoms with Gasteiger partial charge in [0.2, 0.25) is 10.0 Å². The fraction of sp³-hybridized carbons (Fsp3) is 0.417. The molecule has 1 aliphatic rings. The summed E-state index contributed by atoms with van der Waals surface area (Å²) in [5.41, 5.74) is 0.546. The standard InChI is InChI=1S/C12H14N2O6S2/c1-21(16,17)9-4-5-14(7-9)22(18,19)8-2-3-11-10(6-8)13-12(15)20-11/h2-3,6,9H,4-5,7H2,1H3,(H,13,15). The van der Waals surface area contributed by atoms with Gasteiger partial charge in [-0.3, -0.25) is 4.98 Å². The third-order valence-corrected chi connectivity index (χ3v) is 7.20. The first kappa shape index (κ1) is 15.3. The minimum Gasteiger partial charge on any atom is -0.408 e. The molecule has 8 nitrogen and oxygen atoms in total. The van der Waals surface area contributed by atoms with E-state index in [1.165, 1.54) is 18.2 Å². The molecule has 1 N–H and O–H groups in total. The Morgan fingerprint density at radius 1 is 1.27 bits per heavy atom. The number of sulfone groups is 1. The summed E-state index contributed by atoms with van der Waals surface area (Å²) in [5.74, 6) is -0.664. The molecule has 2 heterocycles. The molecule has 0 aliphatic carbocycles. The number of hydrogen-bond donors (Lipinski definition) is 1. The lowest BCUT2D eigenvalue weighted by atomic mass is 10.3. The third kappa shape index (κ3) is 2.57. The van der Waals surface area contributed by atoms with Gasteiger partial charge in [-0.1, -0.05) is 0 Å². The summed E-state index contributed by atoms with van der Waals surface area (Å²) in [6.07, 6.45) is 1.39. The van der Waals surface area contributed by atoms with Gasteiger partial charge in [0.15, 0.2) is 15.4 Å². The molecule has 1 saturated heterocycles. The van der Waals surface area contributed by atoms with E-state index in [2.05, 4.69) is 4.98 Å². The lowest BCUT2D eigenvalue weighted by Crippen LogP contribution is -2.31. The normalized spacial score (nSPS) is 20.7. The molecule has 1 fully saturated rings. The molecule has 3 rings (SSSR count). The highest BCUT2D eigenvalue weighted by Gasteiger charge is 2.37. The molecule has 1 aromatic carbocycles. The maximum Gasteiger partial charge on any atom is 0.417 e. The van der Waals surface area contributed by atoms with Crippen molar-refractivity contribution in [1.29, 1.82) is 0 Å². The Balaban J connectivity index is 1.96. The van der Waals surface area contributed by atoms with Crippen molar-refractivity contribution in [2.75, 3.05) is 19.3 Å². The molecule has 1 atom stereocenters. The van der Waals surface area contributed by atoms with E-state index in [0.717, 1.165) is 10.6 Å². The first-order valence-electron chi connectivity index (χ1n) is 6.50. The second-order valence-electron chi connectivity index (χ2n) is 5.28. The number of benzene rings is 1. The summed E-state index contributed by atoms with van der Waals surface area (Å²) >= 11 is 0. The van der Waals surface area contributed by atoms with Gasteiger partial charge < -0.3 is 4.42 Å². The molecular weight excluding hydrogens is 332 g/mol. The molecule has 22 heavy (non-hydrogen) atoms. The first-order chi connectivity index (χ1) is 10.2. The lowest BCUT2D eigenvalue weighted by molar-refractivity contribution is 0.477. The average molecular weight is 346 g/mol. The molecule has 0 bridgehead atoms. The van der Waals surface area contributed by atoms with Crippen LogP contribution in [0.25, 0.3) is 11.1 Å². The second-order valence-corrected chi connectivity index (χ2v) is 9.54. The van der Waals surface area contributed by atoms with Crippen LogP contribution in [0.2, 0.25) is 0 Å². The molecule has 2 aromatic rings. The van der Waals surface area contributed by atoms with Crippen molar-refractivity contribution in [3.63, 3.8) is 0 Å². The summed E-state index contributed by atoms with van der Waals surface area (Å²) < 4.78 is 54.2. The van der Waals surface area contributed by atoms with Crippen LogP contribution in [0, 0.1) is 0 Å². The predicted molar refractivity (Wildman–Crippen MR) is 78.8 cm³/mol. The van der Waals surface area contributed by atoms with Gasteiger partial charge in [-0.15, -0.1) is 0 Å². The largest absolute Gasteiger partial charge is 0.417 e. The summed E-state index contributed by atoms with van der Waals surface area (Å²) in [6.45, 7) is 0.0983. The number of oxazole rings is 1. The molecule has 1 aromatic heterocycles. The van der Waals surface area contributed by atoms with Crippen LogP contribution in [0.4, 0.5) is 0 Å². The molecule has 1 aliphatic heterocycles. The minimum absolute atomic E-state index is 0.00815. The van der Waals surface area contributed by atoms with Crippen LogP contribution in [0.3, 0.4) is 0 Å². The minimum atomic E-state index is -3.81. The molecular formula is C12H14N2O6S2. The van der Waals surface area contributed by atoms with Crippen LogP contribution < -0.4 is 5.76 Å². The van der Waals surface area contributed by atoms with Crippen LogP contribution in [0.15, 0.2) is 32.3 Å². The van der Waals surface area contributed by atoms with Crippen LogP contribution in [0.1, 0.15) is 6.42 Å². The number of hydrogen-bond acceptors (Lipinski definition) is 6. The Morgan fingerprint density at radius 3 is 2.64 bits per heavy atom. The average Bonchev–Trinajstić information content (AvgIpc) is 3.02. The molecule has 120 valence electrons. The van der Waals surface area contributed by atoms with Crippen molar-refractivity contribution >= 4 is 31.0 Å². The van der Waals surface area contributed by atoms with Crippen LogP contribution in [-0.2, 0) is 19.9 Å². The molecule has 10 heteroatoms. The van der Waals surface area contributed by atoms with E-state index in [1.54, 1.807) is 0 Å². The number of H-pyrrole nitrogens is 1. The van der Waals surface area contributed by atoms with Crippen molar-refractivity contribution in [2.45, 2.75) is 16.6 Å². The fourth-order valence-electron chi connectivity index (χ4n) is 2.51. The van der Waals surface area contributed by atoms with Gasteiger partial charge >= 0.3 is 5.76 Å². The Morgan fingerprint density at radius 2 is 2.00 bits per heavy atom. The van der Waals surface area contributed by atoms with Crippen LogP contribution in [0.5, 0.6) is 0 Å². The second kappa shape index (κ2) is 4.93. The van der Waals surface area contributed by atoms with Crippen molar-refractivity contribution < 1.29 is 21.3 Å². The van der Waals surface area contributed by atoms with Crippen molar-refractivity contribution in [1.82, 2.24) is 9.29 Å². The van der Waals surface area contributed by atoms with E-state index in [-0.39, 0.29) is 35.5 Å². The maximum atomic E-state index is 12.6. The van der Waals surface area contributed by atoms with Gasteiger partial charge in [-0.05, 0) is 24.6 Å². The van der Waals surface area contributed by atoms with E-state index >= 15 is 0 Å². The van der Waals surface area contributed by atoms with Gasteiger partial charge in [-0.2, -0.15) is 4.31 Å². The smallest absolute Gasteiger partial charge is 0.408 e. The molecule has 0 amide bonds. The van der Waals surface area contributed by atoms with Crippen LogP contribution in [-0.4, -0.2) is 50.7 Å². The fourth-order valence-corrected chi connectivity index (χ4v) is 5.11. The molecule has 0 spiro atoms. The number of sulfonamides is 1. The summed E-state index contributed by atoms with van der Waals surface area (Å²) in [7, 11) is -7.09. The summed E-state index contributed by atoms with van der Waals surface area (Å²) in [4.78, 5) is 13.5. The van der Waals surface area contributed by atoms with Crippen molar-refractivity contribution in [2.24, 2.45) is 0 Å². The van der Waals surface area contributed by atoms with E-state index in [4.69, 9.17) is 4.42 Å². The number of aromatic amines is 1. The number of fused-ring (bicyclic) bond motifs is 1. The Bertz CT molecular complexity index is 986. The Kier molecular flexibility index (Phi) is 3.42. The molecule has 0 radical (unpaired) electrons. The molecule has 0 saturated carbocycles. The van der Waals surface area contributed by atoms with E-state index in [1.807, 2.05) is 0 Å². The lowest BCUT2D eigenvalue weighted by Gasteiger charge is -2.16. The third-order valence-electron chi connectivity index (χ3n) is 3.74. The summed E-state index contributed by atoms with van der Waals surface area (Å²) in [5, 5.41) is -0.681. The zero-order valence-corrected chi connectivity index (χ0v) is 13.3. The predicted octanol–water partition coefficient (Wildman–Crippen LogP) is -0.0713. The van der Waals surface area contributed by atoms with E-state index in [9.17, 15) is 21.6 Å². The van der Waals surface area contributed by atoms with Gasteiger partial charge in [0.05, 0.1) is 15.7 Å². The van der Waals surface area contributed by atoms with E-state index < -0.39 is 30.9 Å². The van der Waals surface area contributed by atoms with Gasteiger partial charge in [-0.25, -0.2) is 21.6 Å². The van der Waals surface area contributed by atoms with Crippen molar-refractivity contribution in [3.05, 3.63) is 28.7 Å². The molecule has 1 unspecified atom stereocenters. The zero-order chi connectivity index (χ0) is 16.1. The number of rotatable bonds is 3. The van der Waals surface area contributed by atoms with Crippen LogP contribution >= 0.6 is 0 Å². The Labute approximate surface area is 126 Å². The SMILES string of the molecule is CS(=O)(=O)C1CCN(S(=O)(=O)c2ccc3oc(=O)[nH]c3c2)C1. The highest BCUT2D eigenvalue weighted by molar-refractivity contribution is 7.91. The topological polar surface area (TPSA) is 118 Å². The number of nitrogens with zero attached hydrogens (tertiary/aromatic N) is 1. The van der Waals surface area contributed by atoms with Crippen molar-refractivity contribution in [3.8, 4) is 0 Å². The first-order valence-corrected chi connectivity index (χ1v) is 9.89. The number of aromatic nitrogens is 1. The Hall–Kier alpha value is -1.65. The van der Waals surface area contributed by atoms with Gasteiger partial charge in [0, 0.05) is 19.3 Å². The highest BCUT2D eigenvalue weighted by Crippen LogP contribution is 2.25.